The fraction of sp³-hybridized carbons (Fsp3) is 0.533. The molecular weight excluding hydrogens is 256 g/mol. The lowest BCUT2D eigenvalue weighted by molar-refractivity contribution is -0.128. The minimum atomic E-state index is 0.324. The van der Waals surface area contributed by atoms with Crippen molar-refractivity contribution in [3.8, 4) is 0 Å². The molecule has 4 heteroatoms. The van der Waals surface area contributed by atoms with E-state index in [0.29, 0.717) is 11.9 Å². The zero-order valence-corrected chi connectivity index (χ0v) is 12.1. The number of nitrogens with zero attached hydrogens (tertiary/aromatic N) is 1. The van der Waals surface area contributed by atoms with Gasteiger partial charge in [-0.05, 0) is 37.3 Å². The molecule has 0 radical (unpaired) electrons. The molecule has 1 saturated heterocycles. The molecule has 1 aromatic heterocycles. The molecule has 0 aliphatic carbocycles. The molecule has 1 aliphatic rings. The first-order chi connectivity index (χ1) is 9.31. The van der Waals surface area contributed by atoms with Gasteiger partial charge < -0.3 is 10.2 Å². The Morgan fingerprint density at radius 1 is 1.58 bits per heavy atom. The molecule has 0 aromatic carbocycles. The van der Waals surface area contributed by atoms with Crippen LogP contribution in [-0.4, -0.2) is 36.5 Å². The highest BCUT2D eigenvalue weighted by molar-refractivity contribution is 7.09. The van der Waals surface area contributed by atoms with Crippen LogP contribution in [0.5, 0.6) is 0 Å². The molecule has 3 nitrogen and oxygen atoms in total. The fourth-order valence-electron chi connectivity index (χ4n) is 2.56. The molecule has 19 heavy (non-hydrogen) atoms. The Balaban J connectivity index is 1.78. The molecule has 1 aromatic rings. The average molecular weight is 278 g/mol. The Morgan fingerprint density at radius 2 is 2.47 bits per heavy atom. The highest BCUT2D eigenvalue weighted by Gasteiger charge is 2.29. The molecule has 1 amide bonds. The number of hydrogen-bond donors (Lipinski definition) is 1. The van der Waals surface area contributed by atoms with Gasteiger partial charge in [0.2, 0.25) is 5.91 Å². The monoisotopic (exact) mass is 278 g/mol. The van der Waals surface area contributed by atoms with Crippen LogP contribution in [-0.2, 0) is 11.2 Å². The van der Waals surface area contributed by atoms with Gasteiger partial charge in [0.1, 0.15) is 0 Å². The molecule has 0 saturated carbocycles. The number of carbonyl (C=O) groups is 1. The zero-order chi connectivity index (χ0) is 13.5. The summed E-state index contributed by atoms with van der Waals surface area (Å²) in [5, 5.41) is 5.41. The third-order valence-electron chi connectivity index (χ3n) is 3.57. The lowest BCUT2D eigenvalue weighted by Gasteiger charge is -2.24. The summed E-state index contributed by atoms with van der Waals surface area (Å²) in [7, 11) is 0. The van der Waals surface area contributed by atoms with Crippen molar-refractivity contribution in [1.29, 1.82) is 0 Å². The summed E-state index contributed by atoms with van der Waals surface area (Å²) in [5.74, 6) is 0.324. The maximum absolute atomic E-state index is 11.9. The van der Waals surface area contributed by atoms with Gasteiger partial charge in [-0.3, -0.25) is 4.79 Å². The Labute approximate surface area is 119 Å². The summed E-state index contributed by atoms with van der Waals surface area (Å²) in [5.41, 5.74) is 0. The number of likely N-dealkylation sites (tertiary alicyclic amines) is 1. The topological polar surface area (TPSA) is 32.3 Å². The van der Waals surface area contributed by atoms with Gasteiger partial charge in [-0.2, -0.15) is 0 Å². The number of rotatable bonds is 8. The fourth-order valence-corrected chi connectivity index (χ4v) is 3.26. The van der Waals surface area contributed by atoms with Gasteiger partial charge in [0.05, 0.1) is 0 Å². The normalized spacial score (nSPS) is 19.1. The standard InChI is InChI=1S/C15H22N2OS/c1-2-9-16-10-7-13-5-6-15(18)17(13)11-8-14-4-3-12-19-14/h2-4,12-13,16H,1,5-11H2/t13-/m1/s1. The van der Waals surface area contributed by atoms with E-state index in [1.807, 2.05) is 6.08 Å². The highest BCUT2D eigenvalue weighted by atomic mass is 32.1. The average Bonchev–Trinajstić information content (AvgIpc) is 3.03. The van der Waals surface area contributed by atoms with Gasteiger partial charge in [-0.1, -0.05) is 12.1 Å². The van der Waals surface area contributed by atoms with Crippen LogP contribution in [0.15, 0.2) is 30.2 Å². The zero-order valence-electron chi connectivity index (χ0n) is 11.3. The molecule has 1 atom stereocenters. The summed E-state index contributed by atoms with van der Waals surface area (Å²) in [6.07, 6.45) is 5.63. The van der Waals surface area contributed by atoms with Crippen LogP contribution >= 0.6 is 11.3 Å². The first kappa shape index (κ1) is 14.3. The highest BCUT2D eigenvalue weighted by Crippen LogP contribution is 2.22. The Bertz CT molecular complexity index is 402. The minimum absolute atomic E-state index is 0.324. The van der Waals surface area contributed by atoms with Gasteiger partial charge in [0.25, 0.3) is 0 Å². The van der Waals surface area contributed by atoms with Crippen molar-refractivity contribution >= 4 is 17.2 Å². The summed E-state index contributed by atoms with van der Waals surface area (Å²) < 4.78 is 0. The summed E-state index contributed by atoms with van der Waals surface area (Å²) in [6, 6.07) is 4.64. The smallest absolute Gasteiger partial charge is 0.222 e. The van der Waals surface area contributed by atoms with Crippen LogP contribution in [0.4, 0.5) is 0 Å². The molecule has 104 valence electrons. The van der Waals surface area contributed by atoms with Gasteiger partial charge >= 0.3 is 0 Å². The minimum Gasteiger partial charge on any atom is -0.339 e. The van der Waals surface area contributed by atoms with Gasteiger partial charge in [0.15, 0.2) is 0 Å². The van der Waals surface area contributed by atoms with E-state index < -0.39 is 0 Å². The Hall–Kier alpha value is -1.13. The quantitative estimate of drug-likeness (QED) is 0.585. The number of hydrogen-bond acceptors (Lipinski definition) is 3. The van der Waals surface area contributed by atoms with E-state index in [2.05, 4.69) is 34.3 Å². The van der Waals surface area contributed by atoms with Crippen molar-refractivity contribution in [2.24, 2.45) is 0 Å². The van der Waals surface area contributed by atoms with Crippen LogP contribution in [0.25, 0.3) is 0 Å². The maximum atomic E-state index is 11.9. The van der Waals surface area contributed by atoms with Crippen LogP contribution in [0.2, 0.25) is 0 Å². The number of nitrogens with one attached hydrogen (secondary N) is 1. The van der Waals surface area contributed by atoms with Crippen molar-refractivity contribution in [2.75, 3.05) is 19.6 Å². The Morgan fingerprint density at radius 3 is 3.21 bits per heavy atom. The largest absolute Gasteiger partial charge is 0.339 e. The van der Waals surface area contributed by atoms with E-state index in [9.17, 15) is 4.79 Å². The van der Waals surface area contributed by atoms with Crippen molar-refractivity contribution in [3.63, 3.8) is 0 Å². The summed E-state index contributed by atoms with van der Waals surface area (Å²) in [4.78, 5) is 15.4. The van der Waals surface area contributed by atoms with Crippen LogP contribution in [0.1, 0.15) is 24.1 Å². The van der Waals surface area contributed by atoms with Crippen molar-refractivity contribution < 1.29 is 4.79 Å². The van der Waals surface area contributed by atoms with Gasteiger partial charge in [-0.25, -0.2) is 0 Å². The van der Waals surface area contributed by atoms with E-state index in [4.69, 9.17) is 0 Å². The predicted molar refractivity (Wildman–Crippen MR) is 80.4 cm³/mol. The van der Waals surface area contributed by atoms with Crippen LogP contribution < -0.4 is 5.32 Å². The van der Waals surface area contributed by atoms with E-state index in [-0.39, 0.29) is 0 Å². The van der Waals surface area contributed by atoms with Crippen molar-refractivity contribution in [3.05, 3.63) is 35.0 Å². The summed E-state index contributed by atoms with van der Waals surface area (Å²) in [6.45, 7) is 6.36. The lowest BCUT2D eigenvalue weighted by Crippen LogP contribution is -2.36. The molecule has 0 unspecified atom stereocenters. The van der Waals surface area contributed by atoms with Crippen molar-refractivity contribution in [1.82, 2.24) is 10.2 Å². The lowest BCUT2D eigenvalue weighted by atomic mass is 10.1. The number of thiophene rings is 1. The molecular formula is C15H22N2OS. The van der Waals surface area contributed by atoms with Crippen LogP contribution in [0, 0.1) is 0 Å². The van der Waals surface area contributed by atoms with E-state index in [1.54, 1.807) is 11.3 Å². The summed E-state index contributed by atoms with van der Waals surface area (Å²) >= 11 is 1.77. The number of amides is 1. The van der Waals surface area contributed by atoms with E-state index >= 15 is 0 Å². The predicted octanol–water partition coefficient (Wildman–Crippen LogP) is 2.45. The first-order valence-corrected chi connectivity index (χ1v) is 7.82. The second-order valence-corrected chi connectivity index (χ2v) is 5.92. The second kappa shape index (κ2) is 7.46. The third-order valence-corrected chi connectivity index (χ3v) is 4.51. The van der Waals surface area contributed by atoms with Crippen LogP contribution in [0.3, 0.4) is 0 Å². The molecule has 2 rings (SSSR count). The molecule has 2 heterocycles. The molecule has 1 aliphatic heterocycles. The molecule has 0 spiro atoms. The van der Waals surface area contributed by atoms with Gasteiger partial charge in [0, 0.05) is 30.4 Å². The third kappa shape index (κ3) is 4.18. The van der Waals surface area contributed by atoms with E-state index in [1.165, 1.54) is 4.88 Å². The maximum Gasteiger partial charge on any atom is 0.222 e. The van der Waals surface area contributed by atoms with E-state index in [0.717, 1.165) is 45.3 Å². The van der Waals surface area contributed by atoms with Crippen molar-refractivity contribution in [2.45, 2.75) is 31.7 Å². The van der Waals surface area contributed by atoms with Gasteiger partial charge in [-0.15, -0.1) is 17.9 Å². The Kier molecular flexibility index (Phi) is 5.61. The molecule has 1 N–H and O–H groups in total. The molecule has 1 fully saturated rings. The SMILES string of the molecule is C=CCNCC[C@H]1CCC(=O)N1CCc1cccs1. The number of carbonyl (C=O) groups excluding carboxylic acids is 1. The molecule has 0 bridgehead atoms. The first-order valence-electron chi connectivity index (χ1n) is 6.94. The second-order valence-electron chi connectivity index (χ2n) is 4.89.